The van der Waals surface area contributed by atoms with Gasteiger partial charge in [0.1, 0.15) is 0 Å². The van der Waals surface area contributed by atoms with Gasteiger partial charge in [0.25, 0.3) is 0 Å². The van der Waals surface area contributed by atoms with E-state index >= 15 is 0 Å². The summed E-state index contributed by atoms with van der Waals surface area (Å²) in [6, 6.07) is 2.83. The lowest BCUT2D eigenvalue weighted by Gasteiger charge is -2.09. The van der Waals surface area contributed by atoms with E-state index in [4.69, 9.17) is 5.11 Å². The smallest absolute Gasteiger partial charge is 0.392 e. The molecule has 0 radical (unpaired) electrons. The number of aliphatic hydroxyl groups is 1. The van der Waals surface area contributed by atoms with Crippen LogP contribution >= 0.6 is 11.8 Å². The van der Waals surface area contributed by atoms with E-state index in [0.29, 0.717) is 11.0 Å². The standard InChI is InChI=1S/C9H7F3N2OS/c10-9(11,12)16-7-2-1-6-8(5(7)3-15)14-4-13-6/h1-2,4,15H,3H2,(H,13,14). The van der Waals surface area contributed by atoms with Gasteiger partial charge in [0, 0.05) is 10.5 Å². The summed E-state index contributed by atoms with van der Waals surface area (Å²) in [6.07, 6.45) is 1.38. The van der Waals surface area contributed by atoms with Crippen LogP contribution < -0.4 is 0 Å². The highest BCUT2D eigenvalue weighted by molar-refractivity contribution is 8.00. The van der Waals surface area contributed by atoms with Gasteiger partial charge >= 0.3 is 5.51 Å². The SMILES string of the molecule is OCc1c(SC(F)(F)F)ccc2[nH]cnc12. The highest BCUT2D eigenvalue weighted by Crippen LogP contribution is 2.40. The molecule has 0 aliphatic heterocycles. The maximum atomic E-state index is 12.2. The van der Waals surface area contributed by atoms with Crippen molar-refractivity contribution in [2.45, 2.75) is 17.0 Å². The topological polar surface area (TPSA) is 48.9 Å². The third-order valence-corrected chi connectivity index (χ3v) is 2.87. The number of nitrogens with one attached hydrogen (secondary N) is 1. The van der Waals surface area contributed by atoms with Gasteiger partial charge in [-0.2, -0.15) is 13.2 Å². The van der Waals surface area contributed by atoms with Crippen molar-refractivity contribution < 1.29 is 18.3 Å². The zero-order valence-corrected chi connectivity index (χ0v) is 8.69. The predicted molar refractivity (Wildman–Crippen MR) is 53.9 cm³/mol. The average Bonchev–Trinajstić information content (AvgIpc) is 2.62. The molecule has 7 heteroatoms. The maximum absolute atomic E-state index is 12.2. The number of rotatable bonds is 2. The average molecular weight is 248 g/mol. The lowest BCUT2D eigenvalue weighted by atomic mass is 10.2. The number of fused-ring (bicyclic) bond motifs is 1. The summed E-state index contributed by atoms with van der Waals surface area (Å²) in [6.45, 7) is -0.472. The third-order valence-electron chi connectivity index (χ3n) is 2.04. The fourth-order valence-corrected chi connectivity index (χ4v) is 2.09. The number of benzene rings is 1. The fraction of sp³-hybridized carbons (Fsp3) is 0.222. The highest BCUT2D eigenvalue weighted by Gasteiger charge is 2.30. The molecule has 2 N–H and O–H groups in total. The van der Waals surface area contributed by atoms with Gasteiger partial charge in [-0.3, -0.25) is 0 Å². The monoisotopic (exact) mass is 248 g/mol. The molecule has 1 aromatic carbocycles. The summed E-state index contributed by atoms with van der Waals surface area (Å²) in [5.41, 5.74) is -3.19. The van der Waals surface area contributed by atoms with Gasteiger partial charge in [-0.05, 0) is 23.9 Å². The molecule has 0 saturated carbocycles. The Kier molecular flexibility index (Phi) is 2.81. The zero-order valence-electron chi connectivity index (χ0n) is 7.88. The molecular formula is C9H7F3N2OS. The van der Waals surface area contributed by atoms with E-state index < -0.39 is 12.1 Å². The Labute approximate surface area is 92.7 Å². The van der Waals surface area contributed by atoms with E-state index in [-0.39, 0.29) is 22.2 Å². The molecule has 0 unspecified atom stereocenters. The number of thioether (sulfide) groups is 1. The first-order valence-electron chi connectivity index (χ1n) is 4.33. The second kappa shape index (κ2) is 3.99. The number of nitrogens with zero attached hydrogens (tertiary/aromatic N) is 1. The number of aromatic nitrogens is 2. The molecule has 0 amide bonds. The van der Waals surface area contributed by atoms with E-state index in [9.17, 15) is 13.2 Å². The van der Waals surface area contributed by atoms with Gasteiger partial charge in [0.05, 0.1) is 24.0 Å². The van der Waals surface area contributed by atoms with Crippen molar-refractivity contribution in [2.24, 2.45) is 0 Å². The Morgan fingerprint density at radius 2 is 2.12 bits per heavy atom. The normalized spacial score (nSPS) is 12.2. The second-order valence-corrected chi connectivity index (χ2v) is 4.15. The summed E-state index contributed by atoms with van der Waals surface area (Å²) in [5, 5.41) is 9.10. The molecule has 1 aromatic heterocycles. The second-order valence-electron chi connectivity index (χ2n) is 3.05. The van der Waals surface area contributed by atoms with Crippen LogP contribution in [0.15, 0.2) is 23.4 Å². The molecular weight excluding hydrogens is 241 g/mol. The van der Waals surface area contributed by atoms with Gasteiger partial charge < -0.3 is 10.1 Å². The number of H-pyrrole nitrogens is 1. The quantitative estimate of drug-likeness (QED) is 0.803. The van der Waals surface area contributed by atoms with Crippen molar-refractivity contribution in [3.05, 3.63) is 24.0 Å². The molecule has 0 bridgehead atoms. The van der Waals surface area contributed by atoms with Crippen LogP contribution in [0.3, 0.4) is 0 Å². The van der Waals surface area contributed by atoms with Crippen LogP contribution in [0, 0.1) is 0 Å². The molecule has 0 spiro atoms. The summed E-state index contributed by atoms with van der Waals surface area (Å²) in [4.78, 5) is 6.64. The van der Waals surface area contributed by atoms with E-state index in [1.165, 1.54) is 18.5 Å². The zero-order chi connectivity index (χ0) is 11.8. The maximum Gasteiger partial charge on any atom is 0.446 e. The largest absolute Gasteiger partial charge is 0.446 e. The molecule has 0 aliphatic rings. The van der Waals surface area contributed by atoms with Gasteiger partial charge in [0.15, 0.2) is 0 Å². The molecule has 0 atom stereocenters. The van der Waals surface area contributed by atoms with Crippen LogP contribution in [0.5, 0.6) is 0 Å². The molecule has 1 heterocycles. The van der Waals surface area contributed by atoms with Crippen LogP contribution in [-0.2, 0) is 6.61 Å². The Balaban J connectivity index is 2.52. The molecule has 0 saturated heterocycles. The molecule has 0 fully saturated rings. The fourth-order valence-electron chi connectivity index (χ4n) is 1.42. The van der Waals surface area contributed by atoms with Gasteiger partial charge in [-0.25, -0.2) is 4.98 Å². The van der Waals surface area contributed by atoms with Crippen molar-refractivity contribution >= 4 is 22.8 Å². The first-order valence-corrected chi connectivity index (χ1v) is 5.14. The number of imidazole rings is 1. The number of aliphatic hydroxyl groups excluding tert-OH is 1. The number of alkyl halides is 3. The third kappa shape index (κ3) is 2.14. The van der Waals surface area contributed by atoms with Crippen LogP contribution in [0.2, 0.25) is 0 Å². The van der Waals surface area contributed by atoms with Gasteiger partial charge in [-0.15, -0.1) is 0 Å². The van der Waals surface area contributed by atoms with E-state index in [2.05, 4.69) is 9.97 Å². The lowest BCUT2D eigenvalue weighted by Crippen LogP contribution is -2.01. The van der Waals surface area contributed by atoms with Gasteiger partial charge in [-0.1, -0.05) is 0 Å². The van der Waals surface area contributed by atoms with Crippen LogP contribution in [0.4, 0.5) is 13.2 Å². The minimum absolute atomic E-state index is 0.0189. The summed E-state index contributed by atoms with van der Waals surface area (Å²) >= 11 is -0.244. The number of hydrogen-bond acceptors (Lipinski definition) is 3. The van der Waals surface area contributed by atoms with Crippen LogP contribution in [0.1, 0.15) is 5.56 Å². The molecule has 2 rings (SSSR count). The van der Waals surface area contributed by atoms with Crippen LogP contribution in [0.25, 0.3) is 11.0 Å². The minimum atomic E-state index is -4.37. The molecule has 86 valence electrons. The minimum Gasteiger partial charge on any atom is -0.392 e. The Bertz CT molecular complexity index is 509. The van der Waals surface area contributed by atoms with Crippen LogP contribution in [-0.4, -0.2) is 20.6 Å². The van der Waals surface area contributed by atoms with E-state index in [1.54, 1.807) is 0 Å². The highest BCUT2D eigenvalue weighted by atomic mass is 32.2. The van der Waals surface area contributed by atoms with Crippen molar-refractivity contribution in [2.75, 3.05) is 0 Å². The first kappa shape index (κ1) is 11.3. The Morgan fingerprint density at radius 3 is 2.75 bits per heavy atom. The molecule has 2 aromatic rings. The number of halogens is 3. The number of hydrogen-bond donors (Lipinski definition) is 2. The van der Waals surface area contributed by atoms with E-state index in [1.807, 2.05) is 0 Å². The lowest BCUT2D eigenvalue weighted by molar-refractivity contribution is -0.0328. The molecule has 16 heavy (non-hydrogen) atoms. The van der Waals surface area contributed by atoms with Gasteiger partial charge in [0.2, 0.25) is 0 Å². The van der Waals surface area contributed by atoms with Crippen molar-refractivity contribution in [3.8, 4) is 0 Å². The predicted octanol–water partition coefficient (Wildman–Crippen LogP) is 2.67. The van der Waals surface area contributed by atoms with Crippen molar-refractivity contribution in [1.82, 2.24) is 9.97 Å². The van der Waals surface area contributed by atoms with Crippen molar-refractivity contribution in [3.63, 3.8) is 0 Å². The first-order chi connectivity index (χ1) is 7.51. The summed E-state index contributed by atoms with van der Waals surface area (Å²) < 4.78 is 36.7. The molecule has 0 aliphatic carbocycles. The summed E-state index contributed by atoms with van der Waals surface area (Å²) in [5.74, 6) is 0. The molecule has 3 nitrogen and oxygen atoms in total. The summed E-state index contributed by atoms with van der Waals surface area (Å²) in [7, 11) is 0. The number of aromatic amines is 1. The van der Waals surface area contributed by atoms with Crippen molar-refractivity contribution in [1.29, 1.82) is 0 Å². The van der Waals surface area contributed by atoms with E-state index in [0.717, 1.165) is 0 Å². The Morgan fingerprint density at radius 1 is 1.38 bits per heavy atom. The Hall–Kier alpha value is -1.21.